The van der Waals surface area contributed by atoms with E-state index in [-0.39, 0.29) is 0 Å². The van der Waals surface area contributed by atoms with Crippen molar-refractivity contribution in [1.82, 2.24) is 10.2 Å². The minimum atomic E-state index is 0.339. The van der Waals surface area contributed by atoms with E-state index in [2.05, 4.69) is 40.5 Å². The van der Waals surface area contributed by atoms with Gasteiger partial charge in [-0.05, 0) is 36.9 Å². The van der Waals surface area contributed by atoms with Crippen molar-refractivity contribution >= 4 is 0 Å². The SMILES string of the molecule is OC[C@@H]1CN(Cc2ccccc2)CC12CCNCC2. The summed E-state index contributed by atoms with van der Waals surface area (Å²) in [6.45, 7) is 5.77. The van der Waals surface area contributed by atoms with Gasteiger partial charge >= 0.3 is 0 Å². The van der Waals surface area contributed by atoms with Crippen LogP contribution in [0.25, 0.3) is 0 Å². The molecule has 3 nitrogen and oxygen atoms in total. The predicted octanol–water partition coefficient (Wildman–Crippen LogP) is 1.48. The van der Waals surface area contributed by atoms with E-state index in [9.17, 15) is 5.11 Å². The molecule has 0 aromatic heterocycles. The highest BCUT2D eigenvalue weighted by Crippen LogP contribution is 2.43. The van der Waals surface area contributed by atoms with Gasteiger partial charge in [-0.1, -0.05) is 30.3 Å². The van der Waals surface area contributed by atoms with Crippen LogP contribution in [0, 0.1) is 11.3 Å². The molecule has 2 heterocycles. The average molecular weight is 260 g/mol. The number of hydrogen-bond acceptors (Lipinski definition) is 3. The van der Waals surface area contributed by atoms with Gasteiger partial charge in [0.25, 0.3) is 0 Å². The first-order chi connectivity index (χ1) is 9.32. The van der Waals surface area contributed by atoms with Crippen molar-refractivity contribution in [2.75, 3.05) is 32.8 Å². The van der Waals surface area contributed by atoms with E-state index in [0.29, 0.717) is 17.9 Å². The second-order valence-electron chi connectivity index (χ2n) is 6.15. The molecule has 2 saturated heterocycles. The topological polar surface area (TPSA) is 35.5 Å². The molecule has 0 bridgehead atoms. The van der Waals surface area contributed by atoms with E-state index < -0.39 is 0 Å². The van der Waals surface area contributed by atoms with E-state index in [1.807, 2.05) is 0 Å². The van der Waals surface area contributed by atoms with Crippen molar-refractivity contribution in [2.45, 2.75) is 19.4 Å². The zero-order valence-electron chi connectivity index (χ0n) is 11.5. The number of nitrogens with one attached hydrogen (secondary N) is 1. The number of piperidine rings is 1. The Labute approximate surface area is 115 Å². The van der Waals surface area contributed by atoms with Gasteiger partial charge in [-0.25, -0.2) is 0 Å². The Balaban J connectivity index is 1.69. The zero-order chi connectivity index (χ0) is 13.1. The largest absolute Gasteiger partial charge is 0.396 e. The Hall–Kier alpha value is -0.900. The number of rotatable bonds is 3. The maximum Gasteiger partial charge on any atom is 0.0477 e. The van der Waals surface area contributed by atoms with Gasteiger partial charge in [0, 0.05) is 32.2 Å². The third kappa shape index (κ3) is 2.69. The minimum absolute atomic E-state index is 0.339. The van der Waals surface area contributed by atoms with E-state index >= 15 is 0 Å². The van der Waals surface area contributed by atoms with Gasteiger partial charge in [0.15, 0.2) is 0 Å². The molecular weight excluding hydrogens is 236 g/mol. The molecule has 2 aliphatic rings. The van der Waals surface area contributed by atoms with Gasteiger partial charge in [-0.3, -0.25) is 4.90 Å². The van der Waals surface area contributed by atoms with Crippen LogP contribution in [0.4, 0.5) is 0 Å². The Morgan fingerprint density at radius 2 is 1.95 bits per heavy atom. The lowest BCUT2D eigenvalue weighted by atomic mass is 9.71. The van der Waals surface area contributed by atoms with Gasteiger partial charge in [-0.2, -0.15) is 0 Å². The predicted molar refractivity (Wildman–Crippen MR) is 76.8 cm³/mol. The minimum Gasteiger partial charge on any atom is -0.396 e. The molecule has 1 spiro atoms. The Bertz CT molecular complexity index is 400. The molecular formula is C16H24N2O. The summed E-state index contributed by atoms with van der Waals surface area (Å²) < 4.78 is 0. The molecule has 3 heteroatoms. The molecule has 19 heavy (non-hydrogen) atoms. The first-order valence-electron chi connectivity index (χ1n) is 7.40. The molecule has 0 aliphatic carbocycles. The van der Waals surface area contributed by atoms with Crippen LogP contribution in [0.2, 0.25) is 0 Å². The summed E-state index contributed by atoms with van der Waals surface area (Å²) >= 11 is 0. The van der Waals surface area contributed by atoms with Crippen molar-refractivity contribution in [3.63, 3.8) is 0 Å². The first kappa shape index (κ1) is 13.1. The molecule has 0 amide bonds. The van der Waals surface area contributed by atoms with Crippen LogP contribution in [0.15, 0.2) is 30.3 Å². The summed E-state index contributed by atoms with van der Waals surface area (Å²) in [4.78, 5) is 2.53. The van der Waals surface area contributed by atoms with E-state index in [0.717, 1.165) is 32.7 Å². The van der Waals surface area contributed by atoms with Crippen LogP contribution in [-0.4, -0.2) is 42.8 Å². The summed E-state index contributed by atoms with van der Waals surface area (Å²) in [5.41, 5.74) is 1.74. The lowest BCUT2D eigenvalue weighted by Crippen LogP contribution is -2.42. The number of aliphatic hydroxyl groups is 1. The highest BCUT2D eigenvalue weighted by atomic mass is 16.3. The van der Waals surface area contributed by atoms with Crippen molar-refractivity contribution in [3.05, 3.63) is 35.9 Å². The molecule has 2 aliphatic heterocycles. The number of hydrogen-bond donors (Lipinski definition) is 2. The van der Waals surface area contributed by atoms with Crippen LogP contribution in [0.1, 0.15) is 18.4 Å². The molecule has 1 aromatic carbocycles. The molecule has 104 valence electrons. The van der Waals surface area contributed by atoms with Crippen molar-refractivity contribution in [2.24, 2.45) is 11.3 Å². The second kappa shape index (κ2) is 5.61. The third-order valence-electron chi connectivity index (χ3n) is 4.95. The third-order valence-corrected chi connectivity index (χ3v) is 4.95. The maximum absolute atomic E-state index is 9.72. The lowest BCUT2D eigenvalue weighted by Gasteiger charge is -2.38. The van der Waals surface area contributed by atoms with E-state index in [1.54, 1.807) is 0 Å². The lowest BCUT2D eigenvalue weighted by molar-refractivity contribution is 0.0984. The highest BCUT2D eigenvalue weighted by Gasteiger charge is 2.46. The van der Waals surface area contributed by atoms with Gasteiger partial charge in [-0.15, -0.1) is 0 Å². The molecule has 0 saturated carbocycles. The Kier molecular flexibility index (Phi) is 3.87. The van der Waals surface area contributed by atoms with Gasteiger partial charge in [0.2, 0.25) is 0 Å². The van der Waals surface area contributed by atoms with Gasteiger partial charge in [0.05, 0.1) is 0 Å². The fourth-order valence-electron chi connectivity index (χ4n) is 3.85. The quantitative estimate of drug-likeness (QED) is 0.864. The number of aliphatic hydroxyl groups excluding tert-OH is 1. The average Bonchev–Trinajstić information content (AvgIpc) is 2.78. The Morgan fingerprint density at radius 1 is 1.21 bits per heavy atom. The van der Waals surface area contributed by atoms with Crippen LogP contribution in [0.3, 0.4) is 0 Å². The fourth-order valence-corrected chi connectivity index (χ4v) is 3.85. The number of nitrogens with zero attached hydrogens (tertiary/aromatic N) is 1. The maximum atomic E-state index is 9.72. The molecule has 3 rings (SSSR count). The summed E-state index contributed by atoms with van der Waals surface area (Å²) in [5, 5.41) is 13.2. The molecule has 2 fully saturated rings. The molecule has 1 aromatic rings. The van der Waals surface area contributed by atoms with Crippen LogP contribution < -0.4 is 5.32 Å². The zero-order valence-corrected chi connectivity index (χ0v) is 11.5. The molecule has 2 N–H and O–H groups in total. The monoisotopic (exact) mass is 260 g/mol. The van der Waals surface area contributed by atoms with Crippen LogP contribution in [0.5, 0.6) is 0 Å². The van der Waals surface area contributed by atoms with E-state index in [1.165, 1.54) is 18.4 Å². The molecule has 1 atom stereocenters. The standard InChI is InChI=1S/C16H24N2O/c19-12-15-11-18(10-14-4-2-1-3-5-14)13-16(15)6-8-17-9-7-16/h1-5,15,17,19H,6-13H2/t15-/m0/s1. The first-order valence-corrected chi connectivity index (χ1v) is 7.40. The van der Waals surface area contributed by atoms with Crippen LogP contribution >= 0.6 is 0 Å². The van der Waals surface area contributed by atoms with Crippen molar-refractivity contribution in [3.8, 4) is 0 Å². The molecule has 0 radical (unpaired) electrons. The summed E-state index contributed by atoms with van der Waals surface area (Å²) in [5.74, 6) is 0.457. The normalized spacial score (nSPS) is 26.9. The van der Waals surface area contributed by atoms with Crippen molar-refractivity contribution in [1.29, 1.82) is 0 Å². The number of benzene rings is 1. The van der Waals surface area contributed by atoms with Crippen molar-refractivity contribution < 1.29 is 5.11 Å². The van der Waals surface area contributed by atoms with Crippen LogP contribution in [-0.2, 0) is 6.54 Å². The molecule has 0 unspecified atom stereocenters. The van der Waals surface area contributed by atoms with E-state index in [4.69, 9.17) is 0 Å². The smallest absolute Gasteiger partial charge is 0.0477 e. The summed E-state index contributed by atoms with van der Waals surface area (Å²) in [6.07, 6.45) is 2.42. The fraction of sp³-hybridized carbons (Fsp3) is 0.625. The van der Waals surface area contributed by atoms with Gasteiger partial charge in [0.1, 0.15) is 0 Å². The Morgan fingerprint density at radius 3 is 2.63 bits per heavy atom. The highest BCUT2D eigenvalue weighted by molar-refractivity contribution is 5.15. The van der Waals surface area contributed by atoms with Gasteiger partial charge < -0.3 is 10.4 Å². The second-order valence-corrected chi connectivity index (χ2v) is 6.15. The summed E-state index contributed by atoms with van der Waals surface area (Å²) in [7, 11) is 0. The summed E-state index contributed by atoms with van der Waals surface area (Å²) in [6, 6.07) is 10.7. The number of likely N-dealkylation sites (tertiary alicyclic amines) is 1.